The molecule has 1 aliphatic heterocycles. The van der Waals surface area contributed by atoms with Gasteiger partial charge in [-0.05, 0) is 37.1 Å². The SMILES string of the molecule is C/C=C/c1ccc([C@H]2[C@H](CO)N[C@@H]2CN(CC)C(=O)c2cccnc2)cc1. The van der Waals surface area contributed by atoms with E-state index < -0.39 is 0 Å². The Balaban J connectivity index is 1.73. The Morgan fingerprint density at radius 1 is 1.26 bits per heavy atom. The lowest BCUT2D eigenvalue weighted by Gasteiger charge is -2.47. The summed E-state index contributed by atoms with van der Waals surface area (Å²) in [6.45, 7) is 5.29. The highest BCUT2D eigenvalue weighted by Gasteiger charge is 2.42. The van der Waals surface area contributed by atoms with Crippen LogP contribution >= 0.6 is 0 Å². The normalized spacial score (nSPS) is 21.8. The minimum Gasteiger partial charge on any atom is -0.395 e. The topological polar surface area (TPSA) is 65.5 Å². The van der Waals surface area contributed by atoms with Gasteiger partial charge in [0.15, 0.2) is 0 Å². The minimum absolute atomic E-state index is 0.0120. The fraction of sp³-hybridized carbons (Fsp3) is 0.364. The number of pyridine rings is 1. The molecule has 0 bridgehead atoms. The molecule has 0 radical (unpaired) electrons. The van der Waals surface area contributed by atoms with Gasteiger partial charge in [0.05, 0.1) is 12.2 Å². The largest absolute Gasteiger partial charge is 0.395 e. The molecule has 0 aliphatic carbocycles. The number of carbonyl (C=O) groups is 1. The lowest BCUT2D eigenvalue weighted by Crippen LogP contribution is -2.65. The average molecular weight is 365 g/mol. The van der Waals surface area contributed by atoms with E-state index in [0.29, 0.717) is 18.7 Å². The fourth-order valence-electron chi connectivity index (χ4n) is 3.73. The first kappa shape index (κ1) is 19.3. The van der Waals surface area contributed by atoms with Crippen molar-refractivity contribution in [1.29, 1.82) is 0 Å². The predicted octanol–water partition coefficient (Wildman–Crippen LogP) is 2.69. The van der Waals surface area contributed by atoms with Crippen LogP contribution < -0.4 is 5.32 Å². The summed E-state index contributed by atoms with van der Waals surface area (Å²) in [6.07, 6.45) is 7.35. The zero-order valence-electron chi connectivity index (χ0n) is 15.9. The van der Waals surface area contributed by atoms with E-state index in [4.69, 9.17) is 0 Å². The van der Waals surface area contributed by atoms with Gasteiger partial charge in [-0.25, -0.2) is 0 Å². The minimum atomic E-state index is -0.0120. The van der Waals surface area contributed by atoms with Gasteiger partial charge in [0, 0.05) is 43.5 Å². The molecular weight excluding hydrogens is 338 g/mol. The van der Waals surface area contributed by atoms with Gasteiger partial charge >= 0.3 is 0 Å². The smallest absolute Gasteiger partial charge is 0.255 e. The molecule has 3 atom stereocenters. The molecule has 1 aliphatic rings. The number of allylic oxidation sites excluding steroid dienone is 1. The molecule has 142 valence electrons. The zero-order chi connectivity index (χ0) is 19.2. The molecule has 0 unspecified atom stereocenters. The molecule has 1 aromatic carbocycles. The maximum absolute atomic E-state index is 12.8. The van der Waals surface area contributed by atoms with Crippen LogP contribution in [-0.2, 0) is 0 Å². The van der Waals surface area contributed by atoms with Gasteiger partial charge in [0.1, 0.15) is 0 Å². The first-order valence-electron chi connectivity index (χ1n) is 9.46. The Hall–Kier alpha value is -2.50. The number of rotatable bonds is 7. The van der Waals surface area contributed by atoms with Gasteiger partial charge in [0.2, 0.25) is 0 Å². The molecular formula is C22H27N3O2. The van der Waals surface area contributed by atoms with Crippen LogP contribution in [0.25, 0.3) is 6.08 Å². The highest BCUT2D eigenvalue weighted by Crippen LogP contribution is 2.33. The van der Waals surface area contributed by atoms with Crippen molar-refractivity contribution in [3.05, 3.63) is 71.6 Å². The quantitative estimate of drug-likeness (QED) is 0.792. The number of likely N-dealkylation sites (N-methyl/N-ethyl adjacent to an activating group) is 1. The van der Waals surface area contributed by atoms with Gasteiger partial charge < -0.3 is 15.3 Å². The van der Waals surface area contributed by atoms with Gasteiger partial charge in [-0.15, -0.1) is 0 Å². The summed E-state index contributed by atoms with van der Waals surface area (Å²) >= 11 is 0. The molecule has 5 heteroatoms. The standard InChI is InChI=1S/C22H27N3O2/c1-3-6-16-8-10-17(11-9-16)21-19(24-20(21)15-26)14-25(4-2)22(27)18-7-5-12-23-13-18/h3,5-13,19-21,24,26H,4,14-15H2,1-2H3/b6-3+/t19-,20+,21-/m1/s1. The molecule has 0 spiro atoms. The Bertz CT molecular complexity index is 774. The van der Waals surface area contributed by atoms with Crippen LogP contribution in [0, 0.1) is 0 Å². The highest BCUT2D eigenvalue weighted by atomic mass is 16.3. The third-order valence-electron chi connectivity index (χ3n) is 5.17. The Kier molecular flexibility index (Phi) is 6.37. The number of carbonyl (C=O) groups excluding carboxylic acids is 1. The summed E-state index contributed by atoms with van der Waals surface area (Å²) in [5.41, 5.74) is 2.95. The van der Waals surface area contributed by atoms with E-state index in [1.807, 2.05) is 24.8 Å². The van der Waals surface area contributed by atoms with Crippen LogP contribution in [0.5, 0.6) is 0 Å². The number of nitrogens with zero attached hydrogens (tertiary/aromatic N) is 2. The Morgan fingerprint density at radius 3 is 2.63 bits per heavy atom. The summed E-state index contributed by atoms with van der Waals surface area (Å²) in [5.74, 6) is 0.174. The van der Waals surface area contributed by atoms with Crippen LogP contribution in [0.15, 0.2) is 54.9 Å². The summed E-state index contributed by atoms with van der Waals surface area (Å²) < 4.78 is 0. The van der Waals surface area contributed by atoms with Crippen LogP contribution in [0.2, 0.25) is 0 Å². The van der Waals surface area contributed by atoms with Gasteiger partial charge in [0.25, 0.3) is 5.91 Å². The van der Waals surface area contributed by atoms with Crippen molar-refractivity contribution < 1.29 is 9.90 Å². The van der Waals surface area contributed by atoms with Crippen LogP contribution in [0.4, 0.5) is 0 Å². The molecule has 2 aromatic rings. The van der Waals surface area contributed by atoms with Crippen LogP contribution in [0.1, 0.15) is 41.3 Å². The van der Waals surface area contributed by atoms with Crippen LogP contribution in [0.3, 0.4) is 0 Å². The number of aromatic nitrogens is 1. The number of nitrogens with one attached hydrogen (secondary N) is 1. The molecule has 2 heterocycles. The maximum Gasteiger partial charge on any atom is 0.255 e. The number of amides is 1. The second-order valence-corrected chi connectivity index (χ2v) is 6.84. The number of hydrogen-bond donors (Lipinski definition) is 2. The summed E-state index contributed by atoms with van der Waals surface area (Å²) in [4.78, 5) is 18.6. The third kappa shape index (κ3) is 4.26. The van der Waals surface area contributed by atoms with E-state index in [0.717, 1.165) is 5.56 Å². The first-order chi connectivity index (χ1) is 13.2. The van der Waals surface area contributed by atoms with Crippen molar-refractivity contribution >= 4 is 12.0 Å². The molecule has 2 N–H and O–H groups in total. The molecule has 1 fully saturated rings. The van der Waals surface area contributed by atoms with Gasteiger partial charge in [-0.1, -0.05) is 36.4 Å². The van der Waals surface area contributed by atoms with Crippen molar-refractivity contribution in [2.24, 2.45) is 0 Å². The number of aliphatic hydroxyl groups excluding tert-OH is 1. The molecule has 1 saturated heterocycles. The van der Waals surface area contributed by atoms with Gasteiger partial charge in [-0.2, -0.15) is 0 Å². The third-order valence-corrected chi connectivity index (χ3v) is 5.17. The summed E-state index contributed by atoms with van der Waals surface area (Å²) in [5, 5.41) is 13.1. The first-order valence-corrected chi connectivity index (χ1v) is 9.46. The van der Waals surface area contributed by atoms with Crippen LogP contribution in [-0.4, -0.2) is 52.7 Å². The predicted molar refractivity (Wildman–Crippen MR) is 108 cm³/mol. The summed E-state index contributed by atoms with van der Waals surface area (Å²) in [6, 6.07) is 12.1. The van der Waals surface area contributed by atoms with Gasteiger partial charge in [-0.3, -0.25) is 9.78 Å². The molecule has 27 heavy (non-hydrogen) atoms. The second-order valence-electron chi connectivity index (χ2n) is 6.84. The maximum atomic E-state index is 12.8. The number of benzene rings is 1. The van der Waals surface area contributed by atoms with Crippen molar-refractivity contribution in [2.75, 3.05) is 19.7 Å². The lowest BCUT2D eigenvalue weighted by molar-refractivity contribution is 0.0641. The second kappa shape index (κ2) is 8.93. The summed E-state index contributed by atoms with van der Waals surface area (Å²) in [7, 11) is 0. The highest BCUT2D eigenvalue weighted by molar-refractivity contribution is 5.93. The van der Waals surface area contributed by atoms with E-state index in [-0.39, 0.29) is 30.5 Å². The molecule has 1 aromatic heterocycles. The number of hydrogen-bond acceptors (Lipinski definition) is 4. The number of aliphatic hydroxyl groups is 1. The van der Waals surface area contributed by atoms with Crippen molar-refractivity contribution in [3.8, 4) is 0 Å². The van der Waals surface area contributed by atoms with E-state index in [1.165, 1.54) is 5.56 Å². The van der Waals surface area contributed by atoms with E-state index in [9.17, 15) is 9.90 Å². The fourth-order valence-corrected chi connectivity index (χ4v) is 3.73. The molecule has 3 rings (SSSR count). The van der Waals surface area contributed by atoms with Crippen molar-refractivity contribution in [2.45, 2.75) is 31.8 Å². The van der Waals surface area contributed by atoms with Crippen molar-refractivity contribution in [3.63, 3.8) is 0 Å². The van der Waals surface area contributed by atoms with E-state index in [2.05, 4.69) is 40.6 Å². The Labute approximate surface area is 160 Å². The molecule has 0 saturated carbocycles. The van der Waals surface area contributed by atoms with E-state index >= 15 is 0 Å². The average Bonchev–Trinajstić information content (AvgIpc) is 2.69. The van der Waals surface area contributed by atoms with E-state index in [1.54, 1.807) is 24.5 Å². The lowest BCUT2D eigenvalue weighted by atomic mass is 9.77. The van der Waals surface area contributed by atoms with Crippen molar-refractivity contribution in [1.82, 2.24) is 15.2 Å². The monoisotopic (exact) mass is 365 g/mol. The molecule has 1 amide bonds. The Morgan fingerprint density at radius 2 is 2.04 bits per heavy atom. The zero-order valence-corrected chi connectivity index (χ0v) is 15.9. The molecule has 5 nitrogen and oxygen atoms in total.